The van der Waals surface area contributed by atoms with E-state index >= 15 is 0 Å². The monoisotopic (exact) mass is 272 g/mol. The van der Waals surface area contributed by atoms with Crippen molar-refractivity contribution in [1.82, 2.24) is 4.98 Å². The number of benzene rings is 1. The average molecular weight is 272 g/mol. The maximum Gasteiger partial charge on any atom is 0.130 e. The van der Waals surface area contributed by atoms with Crippen LogP contribution in [0.3, 0.4) is 0 Å². The van der Waals surface area contributed by atoms with E-state index in [2.05, 4.69) is 11.8 Å². The molecule has 0 bridgehead atoms. The first-order valence-corrected chi connectivity index (χ1v) is 7.17. The number of aliphatic hydroxyl groups is 1. The number of anilines is 1. The topological polar surface area (TPSA) is 45.6 Å². The molecule has 1 aliphatic heterocycles. The summed E-state index contributed by atoms with van der Waals surface area (Å²) in [5.41, 5.74) is 1.88. The summed E-state index contributed by atoms with van der Waals surface area (Å²) in [5, 5.41) is 10.6. The molecule has 106 valence electrons. The molecule has 4 nitrogen and oxygen atoms in total. The Morgan fingerprint density at radius 1 is 1.40 bits per heavy atom. The molecule has 1 N–H and O–H groups in total. The molecule has 0 amide bonds. The molecule has 1 aromatic carbocycles. The van der Waals surface area contributed by atoms with Crippen molar-refractivity contribution >= 4 is 16.7 Å². The Kier molecular flexibility index (Phi) is 3.85. The van der Waals surface area contributed by atoms with E-state index in [1.165, 1.54) is 0 Å². The lowest BCUT2D eigenvalue weighted by molar-refractivity contribution is 0.0926. The van der Waals surface area contributed by atoms with Gasteiger partial charge in [-0.3, -0.25) is 0 Å². The third kappa shape index (κ3) is 2.37. The summed E-state index contributed by atoms with van der Waals surface area (Å²) in [6.45, 7) is 4.55. The lowest BCUT2D eigenvalue weighted by Crippen LogP contribution is -2.45. The molecule has 1 atom stereocenters. The zero-order chi connectivity index (χ0) is 13.9. The number of pyridine rings is 1. The Balaban J connectivity index is 2.06. The highest BCUT2D eigenvalue weighted by atomic mass is 16.5. The number of morpholine rings is 1. The Bertz CT molecular complexity index is 600. The minimum atomic E-state index is 0.0389. The number of aliphatic hydroxyl groups excluding tert-OH is 1. The highest BCUT2D eigenvalue weighted by Gasteiger charge is 2.23. The van der Waals surface area contributed by atoms with Crippen LogP contribution in [0, 0.1) is 0 Å². The number of fused-ring (bicyclic) bond motifs is 1. The molecular weight excluding hydrogens is 252 g/mol. The molecule has 0 spiro atoms. The fourth-order valence-corrected chi connectivity index (χ4v) is 2.80. The summed E-state index contributed by atoms with van der Waals surface area (Å²) in [5.74, 6) is 0.947. The molecule has 2 heterocycles. The minimum Gasteiger partial charge on any atom is -0.392 e. The lowest BCUT2D eigenvalue weighted by atomic mass is 10.1. The van der Waals surface area contributed by atoms with Crippen LogP contribution >= 0.6 is 0 Å². The molecular formula is C16H20N2O2. The third-order valence-corrected chi connectivity index (χ3v) is 3.95. The Labute approximate surface area is 119 Å². The summed E-state index contributed by atoms with van der Waals surface area (Å²) in [4.78, 5) is 7.07. The summed E-state index contributed by atoms with van der Waals surface area (Å²) < 4.78 is 5.55. The van der Waals surface area contributed by atoms with Gasteiger partial charge in [0.15, 0.2) is 0 Å². The normalized spacial score (nSPS) is 19.5. The first-order chi connectivity index (χ1) is 9.83. The Morgan fingerprint density at radius 2 is 2.25 bits per heavy atom. The van der Waals surface area contributed by atoms with Gasteiger partial charge in [0.25, 0.3) is 0 Å². The van der Waals surface area contributed by atoms with Gasteiger partial charge in [0.05, 0.1) is 31.4 Å². The van der Waals surface area contributed by atoms with Gasteiger partial charge >= 0.3 is 0 Å². The summed E-state index contributed by atoms with van der Waals surface area (Å²) in [6, 6.07) is 10.3. The van der Waals surface area contributed by atoms with Gasteiger partial charge in [-0.25, -0.2) is 4.98 Å². The molecule has 3 rings (SSSR count). The van der Waals surface area contributed by atoms with Gasteiger partial charge in [-0.2, -0.15) is 0 Å². The van der Waals surface area contributed by atoms with Gasteiger partial charge in [-0.05, 0) is 24.1 Å². The number of aromatic nitrogens is 1. The second kappa shape index (κ2) is 5.77. The van der Waals surface area contributed by atoms with E-state index in [1.807, 2.05) is 30.3 Å². The maximum absolute atomic E-state index is 9.61. The quantitative estimate of drug-likeness (QED) is 0.931. The fraction of sp³-hybridized carbons (Fsp3) is 0.438. The Morgan fingerprint density at radius 3 is 3.05 bits per heavy atom. The summed E-state index contributed by atoms with van der Waals surface area (Å²) in [6.07, 6.45) is 1.03. The lowest BCUT2D eigenvalue weighted by Gasteiger charge is -2.36. The molecule has 1 saturated heterocycles. The van der Waals surface area contributed by atoms with Crippen LogP contribution < -0.4 is 4.90 Å². The zero-order valence-electron chi connectivity index (χ0n) is 11.7. The van der Waals surface area contributed by atoms with E-state index in [0.29, 0.717) is 6.04 Å². The number of hydrogen-bond acceptors (Lipinski definition) is 4. The van der Waals surface area contributed by atoms with Crippen molar-refractivity contribution in [3.05, 3.63) is 35.9 Å². The molecule has 20 heavy (non-hydrogen) atoms. The SMILES string of the molecule is CCC1COCCN1c1cc(CO)c2ccccc2n1. The highest BCUT2D eigenvalue weighted by Crippen LogP contribution is 2.26. The first-order valence-electron chi connectivity index (χ1n) is 7.17. The van der Waals surface area contributed by atoms with E-state index in [9.17, 15) is 5.11 Å². The van der Waals surface area contributed by atoms with Gasteiger partial charge in [0.2, 0.25) is 0 Å². The summed E-state index contributed by atoms with van der Waals surface area (Å²) in [7, 11) is 0. The van der Waals surface area contributed by atoms with Crippen LogP contribution in [0.2, 0.25) is 0 Å². The van der Waals surface area contributed by atoms with E-state index in [-0.39, 0.29) is 6.61 Å². The van der Waals surface area contributed by atoms with Crippen LogP contribution in [0.15, 0.2) is 30.3 Å². The van der Waals surface area contributed by atoms with E-state index in [1.54, 1.807) is 0 Å². The van der Waals surface area contributed by atoms with E-state index < -0.39 is 0 Å². The molecule has 1 fully saturated rings. The molecule has 0 radical (unpaired) electrons. The standard InChI is InChI=1S/C16H20N2O2/c1-2-13-11-20-8-7-18(13)16-9-12(10-19)14-5-3-4-6-15(14)17-16/h3-6,9,13,19H,2,7-8,10-11H2,1H3. The van der Waals surface area contributed by atoms with Gasteiger partial charge in [0, 0.05) is 11.9 Å². The van der Waals surface area contributed by atoms with Gasteiger partial charge in [-0.15, -0.1) is 0 Å². The van der Waals surface area contributed by atoms with Gasteiger partial charge in [-0.1, -0.05) is 25.1 Å². The number of para-hydroxylation sites is 1. The van der Waals surface area contributed by atoms with Crippen LogP contribution in [0.5, 0.6) is 0 Å². The Hall–Kier alpha value is -1.65. The second-order valence-corrected chi connectivity index (χ2v) is 5.15. The molecule has 1 unspecified atom stereocenters. The number of rotatable bonds is 3. The molecule has 0 saturated carbocycles. The average Bonchev–Trinajstić information content (AvgIpc) is 2.53. The van der Waals surface area contributed by atoms with E-state index in [0.717, 1.165) is 48.5 Å². The van der Waals surface area contributed by atoms with Crippen molar-refractivity contribution in [2.24, 2.45) is 0 Å². The van der Waals surface area contributed by atoms with Crippen molar-refractivity contribution in [3.8, 4) is 0 Å². The van der Waals surface area contributed by atoms with Gasteiger partial charge < -0.3 is 14.7 Å². The number of nitrogens with zero attached hydrogens (tertiary/aromatic N) is 2. The maximum atomic E-state index is 9.61. The fourth-order valence-electron chi connectivity index (χ4n) is 2.80. The van der Waals surface area contributed by atoms with Gasteiger partial charge in [0.1, 0.15) is 5.82 Å². The van der Waals surface area contributed by atoms with Crippen LogP contribution in [0.4, 0.5) is 5.82 Å². The van der Waals surface area contributed by atoms with Crippen molar-refractivity contribution in [2.45, 2.75) is 26.0 Å². The van der Waals surface area contributed by atoms with Crippen molar-refractivity contribution in [3.63, 3.8) is 0 Å². The van der Waals surface area contributed by atoms with Crippen molar-refractivity contribution in [2.75, 3.05) is 24.7 Å². The number of ether oxygens (including phenoxy) is 1. The van der Waals surface area contributed by atoms with Crippen LogP contribution in [0.1, 0.15) is 18.9 Å². The van der Waals surface area contributed by atoms with E-state index in [4.69, 9.17) is 9.72 Å². The molecule has 2 aromatic rings. The minimum absolute atomic E-state index is 0.0389. The molecule has 1 aliphatic rings. The molecule has 1 aromatic heterocycles. The second-order valence-electron chi connectivity index (χ2n) is 5.15. The zero-order valence-corrected chi connectivity index (χ0v) is 11.7. The largest absolute Gasteiger partial charge is 0.392 e. The van der Waals surface area contributed by atoms with Crippen LogP contribution in [-0.2, 0) is 11.3 Å². The third-order valence-electron chi connectivity index (χ3n) is 3.95. The first kappa shape index (κ1) is 13.3. The predicted octanol–water partition coefficient (Wildman–Crippen LogP) is 2.34. The predicted molar refractivity (Wildman–Crippen MR) is 79.9 cm³/mol. The van der Waals surface area contributed by atoms with Crippen LogP contribution in [-0.4, -0.2) is 35.9 Å². The summed E-state index contributed by atoms with van der Waals surface area (Å²) >= 11 is 0. The van der Waals surface area contributed by atoms with Crippen molar-refractivity contribution < 1.29 is 9.84 Å². The molecule has 4 heteroatoms. The smallest absolute Gasteiger partial charge is 0.130 e. The highest BCUT2D eigenvalue weighted by molar-refractivity contribution is 5.84. The van der Waals surface area contributed by atoms with Crippen molar-refractivity contribution in [1.29, 1.82) is 0 Å². The van der Waals surface area contributed by atoms with Crippen LogP contribution in [0.25, 0.3) is 10.9 Å². The molecule has 0 aliphatic carbocycles. The number of hydrogen-bond donors (Lipinski definition) is 1.